The number of alkyl carbamates (subject to hydrolysis) is 1. The van der Waals surface area contributed by atoms with Gasteiger partial charge < -0.3 is 19.7 Å². The van der Waals surface area contributed by atoms with Crippen LogP contribution in [0.4, 0.5) is 19.4 Å². The molecule has 0 radical (unpaired) electrons. The molecule has 1 aromatic carbocycles. The van der Waals surface area contributed by atoms with Gasteiger partial charge in [-0.2, -0.15) is 15.1 Å². The van der Waals surface area contributed by atoms with Gasteiger partial charge >= 0.3 is 12.1 Å². The predicted molar refractivity (Wildman–Crippen MR) is 166 cm³/mol. The Kier molecular flexibility index (Phi) is 6.23. The molecule has 10 rings (SSSR count). The first-order valence-corrected chi connectivity index (χ1v) is 16.3. The van der Waals surface area contributed by atoms with Crippen LogP contribution in [0.3, 0.4) is 0 Å². The highest BCUT2D eigenvalue weighted by Crippen LogP contribution is 2.53. The van der Waals surface area contributed by atoms with Crippen LogP contribution in [0, 0.1) is 18.7 Å². The van der Waals surface area contributed by atoms with Crippen LogP contribution in [0.2, 0.25) is 0 Å². The molecule has 8 heterocycles. The van der Waals surface area contributed by atoms with E-state index in [4.69, 9.17) is 19.4 Å². The summed E-state index contributed by atoms with van der Waals surface area (Å²) in [7, 11) is 0. The van der Waals surface area contributed by atoms with Crippen molar-refractivity contribution in [2.24, 2.45) is 5.92 Å². The quantitative estimate of drug-likeness (QED) is 0.329. The molecule has 6 atom stereocenters. The monoisotopic (exact) mass is 630 g/mol. The Morgan fingerprint density at radius 1 is 1.20 bits per heavy atom. The van der Waals surface area contributed by atoms with Crippen molar-refractivity contribution in [3.8, 4) is 17.3 Å². The summed E-state index contributed by atoms with van der Waals surface area (Å²) in [5, 5.41) is 11.6. The Morgan fingerprint density at radius 3 is 2.98 bits per heavy atom. The lowest BCUT2D eigenvalue weighted by Gasteiger charge is -2.31. The van der Waals surface area contributed by atoms with Crippen molar-refractivity contribution in [1.29, 1.82) is 0 Å². The van der Waals surface area contributed by atoms with E-state index in [9.17, 15) is 9.18 Å². The number of ether oxygens (including phenoxy) is 2. The number of amides is 1. The topological polar surface area (TPSA) is 121 Å². The second-order valence-electron chi connectivity index (χ2n) is 14.0. The molecule has 11 nitrogen and oxygen atoms in total. The SMILES string of the molecule is Cc1cc2[nH]ncc2c2c1[C@H]1C[C@H]1COC(=O)N[C@@H]1C[C@@H](C)N(C1)c1nc(OC[C@@]34CCCN3C[C@H](F)C4)nc3c(F)c-2ncc13. The maximum Gasteiger partial charge on any atom is 0.407 e. The van der Waals surface area contributed by atoms with Gasteiger partial charge in [-0.15, -0.1) is 0 Å². The van der Waals surface area contributed by atoms with Crippen molar-refractivity contribution in [3.05, 3.63) is 35.4 Å². The lowest BCUT2D eigenvalue weighted by molar-refractivity contribution is 0.107. The number of fused-ring (bicyclic) bond motifs is 6. The number of nitrogens with zero attached hydrogens (tertiary/aromatic N) is 6. The average Bonchev–Trinajstić information content (AvgIpc) is 3.31. The highest BCUT2D eigenvalue weighted by atomic mass is 19.1. The van der Waals surface area contributed by atoms with Gasteiger partial charge in [0.25, 0.3) is 0 Å². The minimum Gasteiger partial charge on any atom is -0.461 e. The van der Waals surface area contributed by atoms with Gasteiger partial charge in [0.05, 0.1) is 35.3 Å². The summed E-state index contributed by atoms with van der Waals surface area (Å²) in [5.74, 6) is 0.132. The number of alkyl halides is 1. The molecule has 6 aliphatic rings. The number of halogens is 2. The van der Waals surface area contributed by atoms with Crippen LogP contribution < -0.4 is 15.0 Å². The molecule has 1 saturated carbocycles. The van der Waals surface area contributed by atoms with E-state index in [0.717, 1.165) is 47.8 Å². The highest BCUT2D eigenvalue weighted by Gasteiger charge is 2.49. The van der Waals surface area contributed by atoms with Gasteiger partial charge in [-0.25, -0.2) is 13.6 Å². The molecule has 240 valence electrons. The summed E-state index contributed by atoms with van der Waals surface area (Å²) >= 11 is 0. The maximum absolute atomic E-state index is 17.1. The second-order valence-corrected chi connectivity index (χ2v) is 14.0. The number of nitrogens with one attached hydrogen (secondary N) is 2. The van der Waals surface area contributed by atoms with Crippen molar-refractivity contribution in [3.63, 3.8) is 0 Å². The highest BCUT2D eigenvalue weighted by molar-refractivity contribution is 6.00. The van der Waals surface area contributed by atoms with E-state index in [2.05, 4.69) is 25.4 Å². The Hall–Kier alpha value is -4.13. The van der Waals surface area contributed by atoms with Gasteiger partial charge in [0.15, 0.2) is 5.82 Å². The number of anilines is 1. The van der Waals surface area contributed by atoms with Crippen LogP contribution in [0.1, 0.15) is 56.1 Å². The van der Waals surface area contributed by atoms with Crippen molar-refractivity contribution >= 4 is 33.7 Å². The van der Waals surface area contributed by atoms with E-state index in [1.54, 1.807) is 12.4 Å². The number of aryl methyl sites for hydroxylation is 1. The third-order valence-electron chi connectivity index (χ3n) is 11.0. The molecule has 46 heavy (non-hydrogen) atoms. The fourth-order valence-corrected chi connectivity index (χ4v) is 8.71. The molecular weight excluding hydrogens is 594 g/mol. The first-order chi connectivity index (χ1) is 22.3. The van der Waals surface area contributed by atoms with Crippen LogP contribution in [0.25, 0.3) is 33.1 Å². The summed E-state index contributed by atoms with van der Waals surface area (Å²) in [4.78, 5) is 31.4. The van der Waals surface area contributed by atoms with Crippen molar-refractivity contribution in [2.45, 2.75) is 75.7 Å². The fraction of sp³-hybridized carbons (Fsp3) is 0.545. The van der Waals surface area contributed by atoms with E-state index in [0.29, 0.717) is 42.7 Å². The van der Waals surface area contributed by atoms with E-state index in [-0.39, 0.29) is 54.4 Å². The number of carbonyl (C=O) groups excluding carboxylic acids is 1. The molecule has 13 heteroatoms. The number of pyridine rings is 1. The summed E-state index contributed by atoms with van der Waals surface area (Å²) < 4.78 is 43.6. The van der Waals surface area contributed by atoms with E-state index >= 15 is 4.39 Å². The summed E-state index contributed by atoms with van der Waals surface area (Å²) in [6, 6.07) is 1.87. The standard InChI is InChI=1S/C33H36F2N8O3/c1-16-6-24-22(11-37-41-24)26-25(16)21-8-18(21)14-45-32(44)38-20-7-17(2)43(13-20)30-23-10-36-29(26)27(35)28(23)39-31(40-30)46-15-33-4-3-5-42(33)12-19(34)9-33/h6,10-11,17-21H,3-5,7-9,12-15H2,1-2H3,(H,37,41)(H,38,44)/t17-,18+,19-,20-,21+,33+/m1/s1. The number of hydrogen-bond acceptors (Lipinski definition) is 9. The molecule has 4 aromatic rings. The molecule has 6 bridgehead atoms. The summed E-state index contributed by atoms with van der Waals surface area (Å²) in [5.41, 5.74) is 3.32. The Morgan fingerprint density at radius 2 is 2.09 bits per heavy atom. The van der Waals surface area contributed by atoms with Crippen LogP contribution in [-0.2, 0) is 4.74 Å². The second kappa shape index (κ2) is 10.2. The molecule has 4 fully saturated rings. The van der Waals surface area contributed by atoms with Gasteiger partial charge in [0.1, 0.15) is 29.8 Å². The van der Waals surface area contributed by atoms with Crippen molar-refractivity contribution < 1.29 is 23.0 Å². The number of carbonyl (C=O) groups is 1. The van der Waals surface area contributed by atoms with Gasteiger partial charge in [-0.1, -0.05) is 0 Å². The fourth-order valence-electron chi connectivity index (χ4n) is 8.71. The smallest absolute Gasteiger partial charge is 0.407 e. The Balaban J connectivity index is 1.23. The van der Waals surface area contributed by atoms with Gasteiger partial charge in [0.2, 0.25) is 0 Å². The summed E-state index contributed by atoms with van der Waals surface area (Å²) in [6.07, 6.45) is 5.73. The lowest BCUT2D eigenvalue weighted by Crippen LogP contribution is -2.43. The molecule has 0 spiro atoms. The van der Waals surface area contributed by atoms with E-state index in [1.165, 1.54) is 0 Å². The minimum absolute atomic E-state index is 0.0255. The Labute approximate surface area is 264 Å². The third-order valence-corrected chi connectivity index (χ3v) is 11.0. The molecule has 0 unspecified atom stereocenters. The Bertz CT molecular complexity index is 1900. The van der Waals surface area contributed by atoms with Crippen LogP contribution in [0.5, 0.6) is 6.01 Å². The zero-order chi connectivity index (χ0) is 31.3. The number of aromatic nitrogens is 5. The van der Waals surface area contributed by atoms with Crippen molar-refractivity contribution in [2.75, 3.05) is 37.7 Å². The van der Waals surface area contributed by atoms with Crippen LogP contribution >= 0.6 is 0 Å². The molecular formula is C33H36F2N8O3. The van der Waals surface area contributed by atoms with Gasteiger partial charge in [-0.3, -0.25) is 15.0 Å². The number of benzene rings is 1. The molecule has 2 N–H and O–H groups in total. The molecule has 1 aliphatic carbocycles. The molecule has 1 amide bonds. The predicted octanol–water partition coefficient (Wildman–Crippen LogP) is 4.78. The van der Waals surface area contributed by atoms with Crippen LogP contribution in [0.15, 0.2) is 18.5 Å². The number of H-pyrrole nitrogens is 1. The van der Waals surface area contributed by atoms with Crippen LogP contribution in [-0.4, -0.2) is 92.8 Å². The van der Waals surface area contributed by atoms with E-state index < -0.39 is 23.6 Å². The lowest BCUT2D eigenvalue weighted by atomic mass is 9.91. The largest absolute Gasteiger partial charge is 0.461 e. The van der Waals surface area contributed by atoms with E-state index in [1.807, 2.05) is 24.8 Å². The normalized spacial score (nSPS) is 30.5. The molecule has 3 saturated heterocycles. The first-order valence-electron chi connectivity index (χ1n) is 16.3. The number of rotatable bonds is 3. The third kappa shape index (κ3) is 4.34. The number of aromatic amines is 1. The van der Waals surface area contributed by atoms with Crippen molar-refractivity contribution in [1.82, 2.24) is 35.4 Å². The summed E-state index contributed by atoms with van der Waals surface area (Å²) in [6.45, 7) is 6.26. The molecule has 5 aliphatic heterocycles. The maximum atomic E-state index is 17.1. The zero-order valence-corrected chi connectivity index (χ0v) is 25.9. The molecule has 3 aromatic heterocycles. The van der Waals surface area contributed by atoms with Gasteiger partial charge in [-0.05, 0) is 69.2 Å². The first kappa shape index (κ1) is 28.1. The van der Waals surface area contributed by atoms with Gasteiger partial charge in [0, 0.05) is 48.6 Å². The number of hydrogen-bond donors (Lipinski definition) is 2. The zero-order valence-electron chi connectivity index (χ0n) is 25.9. The minimum atomic E-state index is -0.897. The average molecular weight is 631 g/mol.